The van der Waals surface area contributed by atoms with Gasteiger partial charge in [-0.25, -0.2) is 35.1 Å². The van der Waals surface area contributed by atoms with Crippen molar-refractivity contribution in [2.75, 3.05) is 0 Å². The van der Waals surface area contributed by atoms with Crippen LogP contribution in [0.4, 0.5) is 35.1 Å². The summed E-state index contributed by atoms with van der Waals surface area (Å²) in [5, 5.41) is 0. The van der Waals surface area contributed by atoms with Crippen LogP contribution in [0.15, 0.2) is 72.8 Å². The summed E-state index contributed by atoms with van der Waals surface area (Å²) in [5.41, 5.74) is -3.89. The molecule has 0 aliphatic heterocycles. The predicted molar refractivity (Wildman–Crippen MR) is 104 cm³/mol. The smallest absolute Gasteiger partial charge is 0.200 e. The van der Waals surface area contributed by atoms with Crippen LogP contribution >= 0.6 is 0 Å². The van der Waals surface area contributed by atoms with Gasteiger partial charge in [0.1, 0.15) is 17.5 Å². The average Bonchev–Trinajstić information content (AvgIpc) is 2.81. The van der Waals surface area contributed by atoms with Crippen LogP contribution in [0.25, 0.3) is 0 Å². The summed E-state index contributed by atoms with van der Waals surface area (Å²) < 4.78 is 114. The molecular weight excluding hydrogens is 452 g/mol. The SMILES string of the molecule is Fc1ccc(C(c2ccc(F)cc2)(c2ccc(F)cc2)c2c(F)c(F)c(F)c(F)c2F)cc1. The first-order valence-corrected chi connectivity index (χ1v) is 9.48. The van der Waals surface area contributed by atoms with Gasteiger partial charge < -0.3 is 0 Å². The van der Waals surface area contributed by atoms with Gasteiger partial charge in [0.15, 0.2) is 23.3 Å². The summed E-state index contributed by atoms with van der Waals surface area (Å²) in [6, 6.07) is 12.2. The molecule has 0 aliphatic carbocycles. The minimum absolute atomic E-state index is 0.106. The molecule has 0 radical (unpaired) electrons. The van der Waals surface area contributed by atoms with Crippen molar-refractivity contribution in [3.8, 4) is 0 Å². The lowest BCUT2D eigenvalue weighted by atomic mass is 9.64. The highest BCUT2D eigenvalue weighted by Gasteiger charge is 2.45. The van der Waals surface area contributed by atoms with Crippen LogP contribution in [0.1, 0.15) is 22.3 Å². The van der Waals surface area contributed by atoms with E-state index in [-0.39, 0.29) is 16.7 Å². The van der Waals surface area contributed by atoms with E-state index in [0.717, 1.165) is 72.8 Å². The predicted octanol–water partition coefficient (Wildman–Crippen LogP) is 7.18. The standard InChI is InChI=1S/C25H12F8/c26-16-7-1-13(2-8-16)25(14-3-9-17(27)10-4-14,15-5-11-18(28)12-6-15)19-20(29)22(31)24(33)23(32)21(19)30/h1-12H. The highest BCUT2D eigenvalue weighted by molar-refractivity contribution is 5.60. The number of halogens is 8. The summed E-state index contributed by atoms with van der Waals surface area (Å²) in [6.07, 6.45) is 0. The Bertz CT molecular complexity index is 1170. The third kappa shape index (κ3) is 3.55. The van der Waals surface area contributed by atoms with E-state index >= 15 is 8.78 Å². The van der Waals surface area contributed by atoms with Gasteiger partial charge in [-0.2, -0.15) is 0 Å². The van der Waals surface area contributed by atoms with Crippen molar-refractivity contribution in [1.82, 2.24) is 0 Å². The lowest BCUT2D eigenvalue weighted by Crippen LogP contribution is -2.34. The molecule has 0 aromatic heterocycles. The highest BCUT2D eigenvalue weighted by atomic mass is 19.2. The number of hydrogen-bond acceptors (Lipinski definition) is 0. The van der Waals surface area contributed by atoms with Crippen LogP contribution in [0.5, 0.6) is 0 Å². The van der Waals surface area contributed by atoms with E-state index in [1.165, 1.54) is 0 Å². The number of rotatable bonds is 4. The third-order valence-electron chi connectivity index (χ3n) is 5.42. The van der Waals surface area contributed by atoms with Gasteiger partial charge in [0, 0.05) is 5.56 Å². The van der Waals surface area contributed by atoms with Crippen LogP contribution in [0, 0.1) is 46.5 Å². The van der Waals surface area contributed by atoms with Crippen molar-refractivity contribution in [3.05, 3.63) is 142 Å². The molecule has 0 aliphatic rings. The zero-order valence-electron chi connectivity index (χ0n) is 16.5. The second-order valence-corrected chi connectivity index (χ2v) is 7.22. The van der Waals surface area contributed by atoms with Crippen LogP contribution in [0.2, 0.25) is 0 Å². The summed E-state index contributed by atoms with van der Waals surface area (Å²) >= 11 is 0. The summed E-state index contributed by atoms with van der Waals surface area (Å²) in [6.45, 7) is 0. The first kappa shape index (κ1) is 22.5. The van der Waals surface area contributed by atoms with Crippen molar-refractivity contribution in [2.24, 2.45) is 0 Å². The van der Waals surface area contributed by atoms with E-state index in [2.05, 4.69) is 0 Å². The number of benzene rings is 4. The first-order chi connectivity index (χ1) is 15.7. The monoisotopic (exact) mass is 464 g/mol. The zero-order valence-corrected chi connectivity index (χ0v) is 16.5. The van der Waals surface area contributed by atoms with Gasteiger partial charge in [0.25, 0.3) is 0 Å². The number of hydrogen-bond donors (Lipinski definition) is 0. The van der Waals surface area contributed by atoms with Crippen molar-refractivity contribution < 1.29 is 35.1 Å². The van der Waals surface area contributed by atoms with Gasteiger partial charge in [0.05, 0.1) is 5.41 Å². The topological polar surface area (TPSA) is 0 Å². The van der Waals surface area contributed by atoms with E-state index < -0.39 is 57.5 Å². The molecule has 33 heavy (non-hydrogen) atoms. The first-order valence-electron chi connectivity index (χ1n) is 9.48. The Labute approximate surface area is 182 Å². The van der Waals surface area contributed by atoms with Crippen LogP contribution in [-0.4, -0.2) is 0 Å². The van der Waals surface area contributed by atoms with Gasteiger partial charge in [0.2, 0.25) is 5.82 Å². The minimum atomic E-state index is -2.36. The fourth-order valence-corrected chi connectivity index (χ4v) is 3.97. The molecule has 4 rings (SSSR count). The lowest BCUT2D eigenvalue weighted by Gasteiger charge is -2.37. The fraction of sp³-hybridized carbons (Fsp3) is 0.0400. The highest BCUT2D eigenvalue weighted by Crippen LogP contribution is 2.48. The maximum Gasteiger partial charge on any atom is 0.200 e. The maximum absolute atomic E-state index is 15.2. The Morgan fingerprint density at radius 3 is 0.848 bits per heavy atom. The third-order valence-corrected chi connectivity index (χ3v) is 5.42. The van der Waals surface area contributed by atoms with E-state index in [1.54, 1.807) is 0 Å². The van der Waals surface area contributed by atoms with Gasteiger partial charge >= 0.3 is 0 Å². The largest absolute Gasteiger partial charge is 0.207 e. The van der Waals surface area contributed by atoms with Crippen molar-refractivity contribution >= 4 is 0 Å². The molecular formula is C25H12F8. The van der Waals surface area contributed by atoms with Crippen LogP contribution in [-0.2, 0) is 5.41 Å². The quantitative estimate of drug-likeness (QED) is 0.130. The van der Waals surface area contributed by atoms with Gasteiger partial charge in [-0.3, -0.25) is 0 Å². The van der Waals surface area contributed by atoms with Gasteiger partial charge in [-0.05, 0) is 53.1 Å². The Morgan fingerprint density at radius 1 is 0.333 bits per heavy atom. The minimum Gasteiger partial charge on any atom is -0.207 e. The molecule has 168 valence electrons. The molecule has 0 N–H and O–H groups in total. The maximum atomic E-state index is 15.2. The van der Waals surface area contributed by atoms with Crippen molar-refractivity contribution in [1.29, 1.82) is 0 Å². The second kappa shape index (κ2) is 8.35. The van der Waals surface area contributed by atoms with Crippen molar-refractivity contribution in [2.45, 2.75) is 5.41 Å². The summed E-state index contributed by atoms with van der Waals surface area (Å²) in [5.74, 6) is -13.2. The molecule has 0 nitrogen and oxygen atoms in total. The molecule has 0 fully saturated rings. The van der Waals surface area contributed by atoms with E-state index in [4.69, 9.17) is 0 Å². The second-order valence-electron chi connectivity index (χ2n) is 7.22. The van der Waals surface area contributed by atoms with Gasteiger partial charge in [-0.1, -0.05) is 36.4 Å². The Kier molecular flexibility index (Phi) is 5.69. The van der Waals surface area contributed by atoms with E-state index in [0.29, 0.717) is 0 Å². The summed E-state index contributed by atoms with van der Waals surface area (Å²) in [4.78, 5) is 0. The molecule has 0 saturated carbocycles. The van der Waals surface area contributed by atoms with E-state index in [1.807, 2.05) is 0 Å². The van der Waals surface area contributed by atoms with Crippen LogP contribution < -0.4 is 0 Å². The summed E-state index contributed by atoms with van der Waals surface area (Å²) in [7, 11) is 0. The Morgan fingerprint density at radius 2 is 0.576 bits per heavy atom. The lowest BCUT2D eigenvalue weighted by molar-refractivity contribution is 0.363. The van der Waals surface area contributed by atoms with E-state index in [9.17, 15) is 26.3 Å². The molecule has 0 saturated heterocycles. The van der Waals surface area contributed by atoms with Crippen molar-refractivity contribution in [3.63, 3.8) is 0 Å². The molecule has 0 bridgehead atoms. The molecule has 8 heteroatoms. The molecule has 0 amide bonds. The van der Waals surface area contributed by atoms with Gasteiger partial charge in [-0.15, -0.1) is 0 Å². The molecule has 0 atom stereocenters. The molecule has 0 spiro atoms. The molecule has 0 unspecified atom stereocenters. The zero-order chi connectivity index (χ0) is 23.9. The van der Waals surface area contributed by atoms with Crippen LogP contribution in [0.3, 0.4) is 0 Å². The fourth-order valence-electron chi connectivity index (χ4n) is 3.97. The average molecular weight is 464 g/mol. The molecule has 4 aromatic rings. The molecule has 0 heterocycles. The Balaban J connectivity index is 2.27. The molecule has 4 aromatic carbocycles. The normalized spacial score (nSPS) is 11.6. The Hall–Kier alpha value is -3.68.